The third-order valence-corrected chi connectivity index (χ3v) is 2.63. The Kier molecular flexibility index (Phi) is 2.85. The lowest BCUT2D eigenvalue weighted by Crippen LogP contribution is -2.25. The summed E-state index contributed by atoms with van der Waals surface area (Å²) >= 11 is 0. The van der Waals surface area contributed by atoms with Crippen LogP contribution < -0.4 is 0 Å². The van der Waals surface area contributed by atoms with E-state index in [1.54, 1.807) is 17.0 Å². The first-order valence-corrected chi connectivity index (χ1v) is 5.13. The molecule has 1 aromatic heterocycles. The standard InChI is InChI=1S/C11H12N2O3/c14-9-4-2-6-13(9)7-8-3-1-5-12-10(8)11(15)16/h1,3,5H,2,4,6-7H2,(H,15,16). The van der Waals surface area contributed by atoms with Crippen LogP contribution in [0.25, 0.3) is 0 Å². The van der Waals surface area contributed by atoms with Crippen molar-refractivity contribution in [1.82, 2.24) is 9.88 Å². The van der Waals surface area contributed by atoms with Gasteiger partial charge in [0.25, 0.3) is 0 Å². The average Bonchev–Trinajstić information content (AvgIpc) is 2.65. The summed E-state index contributed by atoms with van der Waals surface area (Å²) < 4.78 is 0. The minimum absolute atomic E-state index is 0.0298. The van der Waals surface area contributed by atoms with Crippen LogP contribution in [-0.2, 0) is 11.3 Å². The number of hydrogen-bond acceptors (Lipinski definition) is 3. The lowest BCUT2D eigenvalue weighted by atomic mass is 10.2. The largest absolute Gasteiger partial charge is 0.477 e. The van der Waals surface area contributed by atoms with E-state index in [0.717, 1.165) is 6.42 Å². The Morgan fingerprint density at radius 2 is 2.38 bits per heavy atom. The van der Waals surface area contributed by atoms with Gasteiger partial charge in [-0.15, -0.1) is 0 Å². The monoisotopic (exact) mass is 220 g/mol. The van der Waals surface area contributed by atoms with Crippen molar-refractivity contribution in [3.63, 3.8) is 0 Å². The Balaban J connectivity index is 2.20. The molecule has 1 aliphatic heterocycles. The molecule has 5 heteroatoms. The predicted molar refractivity (Wildman–Crippen MR) is 55.8 cm³/mol. The van der Waals surface area contributed by atoms with Crippen LogP contribution in [0.3, 0.4) is 0 Å². The minimum atomic E-state index is -1.05. The molecule has 1 aliphatic rings. The number of pyridine rings is 1. The van der Waals surface area contributed by atoms with E-state index in [4.69, 9.17) is 5.11 Å². The molecule has 1 saturated heterocycles. The average molecular weight is 220 g/mol. The molecule has 0 spiro atoms. The lowest BCUT2D eigenvalue weighted by Gasteiger charge is -2.16. The number of carbonyl (C=O) groups is 2. The second-order valence-corrected chi connectivity index (χ2v) is 3.74. The van der Waals surface area contributed by atoms with Crippen LogP contribution in [0.15, 0.2) is 18.3 Å². The normalized spacial score (nSPS) is 15.5. The van der Waals surface area contributed by atoms with Gasteiger partial charge in [-0.1, -0.05) is 6.07 Å². The molecular formula is C11H12N2O3. The highest BCUT2D eigenvalue weighted by atomic mass is 16.4. The smallest absolute Gasteiger partial charge is 0.354 e. The van der Waals surface area contributed by atoms with Crippen molar-refractivity contribution in [3.8, 4) is 0 Å². The third-order valence-electron chi connectivity index (χ3n) is 2.63. The van der Waals surface area contributed by atoms with Gasteiger partial charge >= 0.3 is 5.97 Å². The van der Waals surface area contributed by atoms with Gasteiger partial charge in [0.05, 0.1) is 0 Å². The molecule has 5 nitrogen and oxygen atoms in total. The number of carboxylic acid groups (broad SMARTS) is 1. The van der Waals surface area contributed by atoms with Gasteiger partial charge in [-0.25, -0.2) is 9.78 Å². The molecule has 0 radical (unpaired) electrons. The number of aromatic carboxylic acids is 1. The number of amides is 1. The van der Waals surface area contributed by atoms with Crippen LogP contribution >= 0.6 is 0 Å². The summed E-state index contributed by atoms with van der Waals surface area (Å²) in [6.45, 7) is 1.04. The summed E-state index contributed by atoms with van der Waals surface area (Å²) in [4.78, 5) is 27.8. The second-order valence-electron chi connectivity index (χ2n) is 3.74. The maximum atomic E-state index is 11.4. The van der Waals surface area contributed by atoms with E-state index in [0.29, 0.717) is 25.1 Å². The van der Waals surface area contributed by atoms with Crippen molar-refractivity contribution >= 4 is 11.9 Å². The number of carboxylic acids is 1. The Hall–Kier alpha value is -1.91. The van der Waals surface area contributed by atoms with Crippen LogP contribution in [0.2, 0.25) is 0 Å². The van der Waals surface area contributed by atoms with Crippen LogP contribution in [-0.4, -0.2) is 33.4 Å². The van der Waals surface area contributed by atoms with E-state index >= 15 is 0 Å². The molecular weight excluding hydrogens is 208 g/mol. The van der Waals surface area contributed by atoms with Gasteiger partial charge in [-0.3, -0.25) is 4.79 Å². The highest BCUT2D eigenvalue weighted by molar-refractivity contribution is 5.87. The predicted octanol–water partition coefficient (Wildman–Crippen LogP) is 0.902. The molecule has 16 heavy (non-hydrogen) atoms. The van der Waals surface area contributed by atoms with Crippen LogP contribution in [0, 0.1) is 0 Å². The summed E-state index contributed by atoms with van der Waals surface area (Å²) in [5.74, 6) is -0.970. The highest BCUT2D eigenvalue weighted by Gasteiger charge is 2.22. The Labute approximate surface area is 92.7 Å². The van der Waals surface area contributed by atoms with E-state index in [9.17, 15) is 9.59 Å². The van der Waals surface area contributed by atoms with Crippen molar-refractivity contribution < 1.29 is 14.7 Å². The van der Waals surface area contributed by atoms with Gasteiger partial charge < -0.3 is 10.0 Å². The number of rotatable bonds is 3. The molecule has 0 bridgehead atoms. The number of aromatic nitrogens is 1. The summed E-state index contributed by atoms with van der Waals surface area (Å²) in [6.07, 6.45) is 2.85. The van der Waals surface area contributed by atoms with Gasteiger partial charge in [-0.05, 0) is 12.5 Å². The molecule has 0 saturated carbocycles. The Morgan fingerprint density at radius 3 is 3.00 bits per heavy atom. The van der Waals surface area contributed by atoms with Crippen molar-refractivity contribution in [2.75, 3.05) is 6.54 Å². The van der Waals surface area contributed by atoms with Crippen molar-refractivity contribution in [2.24, 2.45) is 0 Å². The molecule has 1 N–H and O–H groups in total. The van der Waals surface area contributed by atoms with Crippen LogP contribution in [0.1, 0.15) is 28.9 Å². The molecule has 2 heterocycles. The summed E-state index contributed by atoms with van der Waals surface area (Å²) in [5, 5.41) is 8.94. The molecule has 0 aromatic carbocycles. The zero-order valence-corrected chi connectivity index (χ0v) is 8.72. The topological polar surface area (TPSA) is 70.5 Å². The fourth-order valence-electron chi connectivity index (χ4n) is 1.84. The summed E-state index contributed by atoms with van der Waals surface area (Å²) in [7, 11) is 0. The molecule has 2 rings (SSSR count). The first-order chi connectivity index (χ1) is 7.68. The summed E-state index contributed by atoms with van der Waals surface area (Å²) in [5.41, 5.74) is 0.618. The van der Waals surface area contributed by atoms with Gasteiger partial charge in [0.1, 0.15) is 0 Å². The van der Waals surface area contributed by atoms with Gasteiger partial charge in [-0.2, -0.15) is 0 Å². The fourth-order valence-corrected chi connectivity index (χ4v) is 1.84. The first-order valence-electron chi connectivity index (χ1n) is 5.13. The van der Waals surface area contributed by atoms with Gasteiger partial charge in [0, 0.05) is 31.3 Å². The molecule has 0 aliphatic carbocycles. The summed E-state index contributed by atoms with van der Waals surface area (Å²) in [6, 6.07) is 3.38. The molecule has 1 amide bonds. The van der Waals surface area contributed by atoms with E-state index in [2.05, 4.69) is 4.98 Å². The van der Waals surface area contributed by atoms with Gasteiger partial charge in [0.15, 0.2) is 5.69 Å². The number of nitrogens with zero attached hydrogens (tertiary/aromatic N) is 2. The van der Waals surface area contributed by atoms with Crippen LogP contribution in [0.4, 0.5) is 0 Å². The fraction of sp³-hybridized carbons (Fsp3) is 0.364. The maximum Gasteiger partial charge on any atom is 0.354 e. The number of likely N-dealkylation sites (tertiary alicyclic amines) is 1. The van der Waals surface area contributed by atoms with E-state index in [1.165, 1.54) is 6.20 Å². The Bertz CT molecular complexity index is 431. The Morgan fingerprint density at radius 1 is 1.56 bits per heavy atom. The molecule has 84 valence electrons. The van der Waals surface area contributed by atoms with Gasteiger partial charge in [0.2, 0.25) is 5.91 Å². The van der Waals surface area contributed by atoms with E-state index in [-0.39, 0.29) is 11.6 Å². The lowest BCUT2D eigenvalue weighted by molar-refractivity contribution is -0.128. The zero-order chi connectivity index (χ0) is 11.5. The zero-order valence-electron chi connectivity index (χ0n) is 8.72. The SMILES string of the molecule is O=C(O)c1ncccc1CN1CCCC1=O. The molecule has 0 atom stereocenters. The molecule has 0 unspecified atom stereocenters. The molecule has 1 fully saturated rings. The van der Waals surface area contributed by atoms with E-state index < -0.39 is 5.97 Å². The molecule has 1 aromatic rings. The quantitative estimate of drug-likeness (QED) is 0.821. The second kappa shape index (κ2) is 4.30. The van der Waals surface area contributed by atoms with Crippen LogP contribution in [0.5, 0.6) is 0 Å². The maximum absolute atomic E-state index is 11.4. The minimum Gasteiger partial charge on any atom is -0.477 e. The van der Waals surface area contributed by atoms with Crippen molar-refractivity contribution in [2.45, 2.75) is 19.4 Å². The highest BCUT2D eigenvalue weighted by Crippen LogP contribution is 2.15. The first kappa shape index (κ1) is 10.6. The third kappa shape index (κ3) is 2.03. The number of hydrogen-bond donors (Lipinski definition) is 1. The van der Waals surface area contributed by atoms with Crippen molar-refractivity contribution in [3.05, 3.63) is 29.6 Å². The van der Waals surface area contributed by atoms with Crippen molar-refractivity contribution in [1.29, 1.82) is 0 Å². The van der Waals surface area contributed by atoms with E-state index in [1.807, 2.05) is 0 Å². The number of carbonyl (C=O) groups excluding carboxylic acids is 1.